The monoisotopic (exact) mass is 208 g/mol. The molecule has 0 aromatic rings. The molecule has 1 saturated heterocycles. The van der Waals surface area contributed by atoms with Crippen LogP contribution in [0.1, 0.15) is 0 Å². The van der Waals surface area contributed by atoms with Crippen LogP contribution in [0, 0.1) is 0 Å². The van der Waals surface area contributed by atoms with Gasteiger partial charge in [-0.25, -0.2) is 0 Å². The number of rotatable bonds is 1. The molecule has 4 N–H and O–H groups in total. The molecule has 0 atom stereocenters. The fraction of sp³-hybridized carbons (Fsp3) is 0.500. The fourth-order valence-electron chi connectivity index (χ4n) is 0.387. The van der Waals surface area contributed by atoms with E-state index >= 15 is 0 Å². The predicted molar refractivity (Wildman–Crippen MR) is 27.2 cm³/mol. The SMILES string of the molecule is N[C](=[Fe])C1(N)OS(=O)(=O)O1. The molecular formula is C2H4FeN2O4S. The Balaban J connectivity index is 2.76. The first-order chi connectivity index (χ1) is 4.36. The topological polar surface area (TPSA) is 105 Å². The van der Waals surface area contributed by atoms with Crippen molar-refractivity contribution in [3.63, 3.8) is 0 Å². The van der Waals surface area contributed by atoms with E-state index in [9.17, 15) is 8.42 Å². The van der Waals surface area contributed by atoms with Gasteiger partial charge in [0.2, 0.25) is 0 Å². The van der Waals surface area contributed by atoms with Crippen molar-refractivity contribution in [2.24, 2.45) is 11.5 Å². The third-order valence-electron chi connectivity index (χ3n) is 0.776. The Morgan fingerprint density at radius 3 is 2.00 bits per heavy atom. The average molecular weight is 208 g/mol. The van der Waals surface area contributed by atoms with Crippen LogP contribution in [0.3, 0.4) is 0 Å². The summed E-state index contributed by atoms with van der Waals surface area (Å²) < 4.78 is 28.3. The summed E-state index contributed by atoms with van der Waals surface area (Å²) in [6.45, 7) is 0. The van der Waals surface area contributed by atoms with Gasteiger partial charge in [-0.1, -0.05) is 0 Å². The predicted octanol–water partition coefficient (Wildman–Crippen LogP) is -2.47. The molecule has 6 nitrogen and oxygen atoms in total. The summed E-state index contributed by atoms with van der Waals surface area (Å²) in [5.74, 6) is -1.85. The summed E-state index contributed by atoms with van der Waals surface area (Å²) in [6, 6.07) is 0. The Hall–Kier alpha value is 0.179. The van der Waals surface area contributed by atoms with E-state index in [1.165, 1.54) is 0 Å². The third kappa shape index (κ3) is 1.28. The number of hydrogen-bond acceptors (Lipinski definition) is 6. The van der Waals surface area contributed by atoms with Crippen molar-refractivity contribution < 1.29 is 32.4 Å². The van der Waals surface area contributed by atoms with Crippen LogP contribution in [-0.4, -0.2) is 18.9 Å². The van der Waals surface area contributed by atoms with Crippen molar-refractivity contribution in [2.45, 2.75) is 5.91 Å². The van der Waals surface area contributed by atoms with Gasteiger partial charge in [0.1, 0.15) is 0 Å². The Morgan fingerprint density at radius 2 is 1.90 bits per heavy atom. The van der Waals surface area contributed by atoms with Gasteiger partial charge in [0.25, 0.3) is 0 Å². The second kappa shape index (κ2) is 2.08. The second-order valence-electron chi connectivity index (χ2n) is 1.58. The molecule has 8 heteroatoms. The van der Waals surface area contributed by atoms with Gasteiger partial charge in [-0.3, -0.25) is 0 Å². The van der Waals surface area contributed by atoms with Gasteiger partial charge in [0.05, 0.1) is 0 Å². The first kappa shape index (κ1) is 8.28. The molecule has 0 aliphatic carbocycles. The Bertz CT molecular complexity index is 259. The summed E-state index contributed by atoms with van der Waals surface area (Å²) in [4.78, 5) is 0. The third-order valence-corrected chi connectivity index (χ3v) is 2.06. The molecule has 0 amide bonds. The van der Waals surface area contributed by atoms with Crippen LogP contribution in [0.4, 0.5) is 0 Å². The molecule has 1 aliphatic rings. The molecule has 1 rings (SSSR count). The van der Waals surface area contributed by atoms with Crippen molar-refractivity contribution in [3.8, 4) is 0 Å². The van der Waals surface area contributed by atoms with E-state index in [1.807, 2.05) is 0 Å². The van der Waals surface area contributed by atoms with E-state index in [-0.39, 0.29) is 4.54 Å². The molecule has 0 bridgehead atoms. The molecule has 0 radical (unpaired) electrons. The summed E-state index contributed by atoms with van der Waals surface area (Å²) >= 11 is 3.15. The van der Waals surface area contributed by atoms with E-state index < -0.39 is 16.3 Å². The summed E-state index contributed by atoms with van der Waals surface area (Å²) in [5.41, 5.74) is 10.1. The normalized spacial score (nSPS) is 27.1. The molecule has 10 heavy (non-hydrogen) atoms. The quantitative estimate of drug-likeness (QED) is 0.462. The molecule has 0 unspecified atom stereocenters. The van der Waals surface area contributed by atoms with Gasteiger partial charge < -0.3 is 0 Å². The van der Waals surface area contributed by atoms with Crippen molar-refractivity contribution in [1.29, 1.82) is 0 Å². The second-order valence-corrected chi connectivity index (χ2v) is 3.32. The van der Waals surface area contributed by atoms with Crippen LogP contribution in [0.2, 0.25) is 0 Å². The average Bonchev–Trinajstić information content (AvgIpc) is 1.59. The molecule has 0 spiro atoms. The van der Waals surface area contributed by atoms with Gasteiger partial charge in [-0.05, 0) is 0 Å². The minimum atomic E-state index is -3.90. The Kier molecular flexibility index (Phi) is 1.72. The van der Waals surface area contributed by atoms with Gasteiger partial charge in [-0.15, -0.1) is 0 Å². The molecule has 1 heterocycles. The first-order valence-electron chi connectivity index (χ1n) is 2.08. The van der Waals surface area contributed by atoms with E-state index in [4.69, 9.17) is 11.5 Å². The van der Waals surface area contributed by atoms with E-state index in [0.29, 0.717) is 0 Å². The number of nitrogens with two attached hydrogens (primary N) is 2. The van der Waals surface area contributed by atoms with Gasteiger partial charge in [0.15, 0.2) is 0 Å². The van der Waals surface area contributed by atoms with Crippen LogP contribution < -0.4 is 11.5 Å². The molecule has 1 aliphatic heterocycles. The zero-order valence-electron chi connectivity index (χ0n) is 4.55. The van der Waals surface area contributed by atoms with Crippen LogP contribution in [0.5, 0.6) is 0 Å². The summed E-state index contributed by atoms with van der Waals surface area (Å²) in [6.07, 6.45) is 0. The van der Waals surface area contributed by atoms with Gasteiger partial charge in [0, 0.05) is 0 Å². The fourth-order valence-corrected chi connectivity index (χ4v) is 1.44. The molecular weight excluding hydrogens is 204 g/mol. The van der Waals surface area contributed by atoms with Gasteiger partial charge >= 0.3 is 64.7 Å². The van der Waals surface area contributed by atoms with Crippen LogP contribution >= 0.6 is 0 Å². The van der Waals surface area contributed by atoms with E-state index in [1.54, 1.807) is 0 Å². The van der Waals surface area contributed by atoms with Crippen molar-refractivity contribution in [1.82, 2.24) is 0 Å². The zero-order valence-corrected chi connectivity index (χ0v) is 6.47. The van der Waals surface area contributed by atoms with Crippen molar-refractivity contribution in [2.75, 3.05) is 0 Å². The van der Waals surface area contributed by atoms with Crippen LogP contribution in [-0.2, 0) is 34.3 Å². The van der Waals surface area contributed by atoms with Gasteiger partial charge in [-0.2, -0.15) is 0 Å². The zero-order chi connectivity index (χ0) is 7.99. The Morgan fingerprint density at radius 1 is 1.50 bits per heavy atom. The standard InChI is InChI=1S/C2H4N2O4S.Fe/c3-1-2(4)7-9(5,6)8-2;/h3-4H2;. The summed E-state index contributed by atoms with van der Waals surface area (Å²) in [5, 5.41) is 0. The molecule has 0 saturated carbocycles. The van der Waals surface area contributed by atoms with E-state index in [2.05, 4.69) is 23.9 Å². The molecule has 1 fully saturated rings. The Labute approximate surface area is 65.1 Å². The minimum absolute atomic E-state index is 0.192. The molecule has 60 valence electrons. The van der Waals surface area contributed by atoms with Crippen molar-refractivity contribution >= 4 is 14.9 Å². The van der Waals surface area contributed by atoms with E-state index in [0.717, 1.165) is 0 Å². The van der Waals surface area contributed by atoms with Crippen molar-refractivity contribution in [3.05, 3.63) is 0 Å². The van der Waals surface area contributed by atoms with Crippen LogP contribution in [0.15, 0.2) is 0 Å². The first-order valence-corrected chi connectivity index (χ1v) is 3.96. The number of hydrogen-bond donors (Lipinski definition) is 2. The van der Waals surface area contributed by atoms with Crippen LogP contribution in [0.25, 0.3) is 0 Å². The summed E-state index contributed by atoms with van der Waals surface area (Å²) in [7, 11) is -3.90. The molecule has 0 aromatic carbocycles. The molecule has 0 aromatic heterocycles. The maximum atomic E-state index is 10.2. The maximum absolute atomic E-state index is 10.2.